The molecule has 0 fully saturated rings. The second kappa shape index (κ2) is 10.2. The summed E-state index contributed by atoms with van der Waals surface area (Å²) in [5.41, 5.74) is 2.30. The highest BCUT2D eigenvalue weighted by molar-refractivity contribution is 5.94. The summed E-state index contributed by atoms with van der Waals surface area (Å²) in [6, 6.07) is 13.1. The maximum atomic E-state index is 12.4. The Kier molecular flexibility index (Phi) is 7.35. The summed E-state index contributed by atoms with van der Waals surface area (Å²) in [7, 11) is 0. The van der Waals surface area contributed by atoms with Crippen LogP contribution in [-0.4, -0.2) is 36.0 Å². The number of anilines is 1. The normalized spacial score (nSPS) is 11.2. The number of nitrogens with one attached hydrogen (secondary N) is 1. The lowest BCUT2D eigenvalue weighted by molar-refractivity contribution is -0.118. The van der Waals surface area contributed by atoms with Crippen molar-refractivity contribution in [2.45, 2.75) is 40.0 Å². The Labute approximate surface area is 187 Å². The molecule has 0 atom stereocenters. The molecule has 32 heavy (non-hydrogen) atoms. The fourth-order valence-corrected chi connectivity index (χ4v) is 3.03. The van der Waals surface area contributed by atoms with Crippen molar-refractivity contribution in [1.29, 1.82) is 0 Å². The van der Waals surface area contributed by atoms with Gasteiger partial charge in [-0.25, -0.2) is 4.63 Å². The summed E-state index contributed by atoms with van der Waals surface area (Å²) < 4.78 is 21.7. The van der Waals surface area contributed by atoms with Gasteiger partial charge in [0, 0.05) is 5.56 Å². The lowest BCUT2D eigenvalue weighted by Crippen LogP contribution is -2.20. The quantitative estimate of drug-likeness (QED) is 0.509. The maximum Gasteiger partial charge on any atom is 0.263 e. The van der Waals surface area contributed by atoms with Gasteiger partial charge in [0.05, 0.1) is 13.2 Å². The third-order valence-corrected chi connectivity index (χ3v) is 4.65. The van der Waals surface area contributed by atoms with Crippen LogP contribution in [0.1, 0.15) is 40.2 Å². The zero-order chi connectivity index (χ0) is 23.1. The molecule has 0 aliphatic rings. The Morgan fingerprint density at radius 2 is 1.62 bits per heavy atom. The molecule has 3 aromatic rings. The van der Waals surface area contributed by atoms with Crippen molar-refractivity contribution >= 4 is 11.7 Å². The van der Waals surface area contributed by atoms with Crippen molar-refractivity contribution < 1.29 is 23.6 Å². The molecule has 0 aliphatic heterocycles. The molecule has 1 heterocycles. The van der Waals surface area contributed by atoms with Crippen LogP contribution in [0.5, 0.6) is 17.2 Å². The lowest BCUT2D eigenvalue weighted by Gasteiger charge is -2.19. The molecular weight excluding hydrogens is 410 g/mol. The van der Waals surface area contributed by atoms with Gasteiger partial charge < -0.3 is 19.5 Å². The van der Waals surface area contributed by atoms with Gasteiger partial charge in [-0.3, -0.25) is 4.79 Å². The van der Waals surface area contributed by atoms with Gasteiger partial charge in [0.25, 0.3) is 5.91 Å². The first-order chi connectivity index (χ1) is 15.3. The van der Waals surface area contributed by atoms with Gasteiger partial charge in [0.15, 0.2) is 23.8 Å². The van der Waals surface area contributed by atoms with E-state index in [-0.39, 0.29) is 23.7 Å². The fraction of sp³-hybridized carbons (Fsp3) is 0.375. The van der Waals surface area contributed by atoms with E-state index < -0.39 is 0 Å². The maximum absolute atomic E-state index is 12.4. The van der Waals surface area contributed by atoms with Crippen LogP contribution in [-0.2, 0) is 10.2 Å². The highest BCUT2D eigenvalue weighted by atomic mass is 16.6. The van der Waals surface area contributed by atoms with E-state index in [0.29, 0.717) is 41.7 Å². The number of hydrogen-bond acceptors (Lipinski definition) is 7. The molecule has 1 amide bonds. The van der Waals surface area contributed by atoms with Gasteiger partial charge in [-0.05, 0) is 65.5 Å². The van der Waals surface area contributed by atoms with Crippen LogP contribution in [0.4, 0.5) is 5.82 Å². The zero-order valence-electron chi connectivity index (χ0n) is 19.1. The molecule has 0 unspecified atom stereocenters. The SMILES string of the molecule is CCOc1ccc(-c2nonc2NC(=O)COc2ccc(C(C)(C)C)cc2)cc1OCC. The largest absolute Gasteiger partial charge is 0.490 e. The number of nitrogens with zero attached hydrogens (tertiary/aromatic N) is 2. The monoisotopic (exact) mass is 439 g/mol. The Hall–Kier alpha value is -3.55. The summed E-state index contributed by atoms with van der Waals surface area (Å²) in [5.74, 6) is 1.64. The number of aromatic nitrogens is 2. The average molecular weight is 440 g/mol. The van der Waals surface area contributed by atoms with Crippen LogP contribution in [0, 0.1) is 0 Å². The second-order valence-electron chi connectivity index (χ2n) is 8.10. The number of carbonyl (C=O) groups is 1. The van der Waals surface area contributed by atoms with E-state index in [1.807, 2.05) is 38.1 Å². The lowest BCUT2D eigenvalue weighted by atomic mass is 9.87. The van der Waals surface area contributed by atoms with Crippen LogP contribution >= 0.6 is 0 Å². The molecule has 0 radical (unpaired) electrons. The van der Waals surface area contributed by atoms with Crippen LogP contribution in [0.25, 0.3) is 11.3 Å². The van der Waals surface area contributed by atoms with E-state index in [9.17, 15) is 4.79 Å². The number of ether oxygens (including phenoxy) is 3. The molecule has 1 aromatic heterocycles. The van der Waals surface area contributed by atoms with Crippen molar-refractivity contribution in [1.82, 2.24) is 10.3 Å². The number of carbonyl (C=O) groups excluding carboxylic acids is 1. The van der Waals surface area contributed by atoms with E-state index in [0.717, 1.165) is 0 Å². The summed E-state index contributed by atoms with van der Waals surface area (Å²) >= 11 is 0. The molecular formula is C24H29N3O5. The predicted molar refractivity (Wildman–Crippen MR) is 121 cm³/mol. The molecule has 0 bridgehead atoms. The Morgan fingerprint density at radius 1 is 0.938 bits per heavy atom. The highest BCUT2D eigenvalue weighted by Gasteiger charge is 2.18. The summed E-state index contributed by atoms with van der Waals surface area (Å²) in [5, 5.41) is 10.4. The average Bonchev–Trinajstić information content (AvgIpc) is 3.21. The molecule has 170 valence electrons. The number of rotatable bonds is 9. The van der Waals surface area contributed by atoms with E-state index in [1.165, 1.54) is 5.56 Å². The van der Waals surface area contributed by atoms with Crippen LogP contribution < -0.4 is 19.5 Å². The van der Waals surface area contributed by atoms with Crippen molar-refractivity contribution in [3.63, 3.8) is 0 Å². The summed E-state index contributed by atoms with van der Waals surface area (Å²) in [4.78, 5) is 12.4. The zero-order valence-corrected chi connectivity index (χ0v) is 19.1. The second-order valence-corrected chi connectivity index (χ2v) is 8.10. The van der Waals surface area contributed by atoms with Crippen molar-refractivity contribution in [2.75, 3.05) is 25.1 Å². The third-order valence-electron chi connectivity index (χ3n) is 4.65. The van der Waals surface area contributed by atoms with Gasteiger partial charge in [0.1, 0.15) is 5.75 Å². The van der Waals surface area contributed by atoms with Crippen LogP contribution in [0.2, 0.25) is 0 Å². The molecule has 3 rings (SSSR count). The van der Waals surface area contributed by atoms with Gasteiger partial charge in [-0.15, -0.1) is 0 Å². The minimum absolute atomic E-state index is 0.0508. The van der Waals surface area contributed by atoms with Crippen LogP contribution in [0.15, 0.2) is 47.1 Å². The Bertz CT molecular complexity index is 1040. The number of benzene rings is 2. The van der Waals surface area contributed by atoms with E-state index in [1.54, 1.807) is 18.2 Å². The first-order valence-electron chi connectivity index (χ1n) is 10.6. The van der Waals surface area contributed by atoms with Gasteiger partial charge >= 0.3 is 0 Å². The van der Waals surface area contributed by atoms with Gasteiger partial charge in [-0.1, -0.05) is 32.9 Å². The molecule has 8 heteroatoms. The van der Waals surface area contributed by atoms with Gasteiger partial charge in [-0.2, -0.15) is 0 Å². The first kappa shape index (κ1) is 23.1. The smallest absolute Gasteiger partial charge is 0.263 e. The molecule has 0 aliphatic carbocycles. The highest BCUT2D eigenvalue weighted by Crippen LogP contribution is 2.34. The third kappa shape index (κ3) is 5.78. The van der Waals surface area contributed by atoms with E-state index in [2.05, 4.69) is 36.4 Å². The van der Waals surface area contributed by atoms with Crippen molar-refractivity contribution in [3.05, 3.63) is 48.0 Å². The molecule has 0 spiro atoms. The molecule has 0 saturated carbocycles. The fourth-order valence-electron chi connectivity index (χ4n) is 3.03. The first-order valence-corrected chi connectivity index (χ1v) is 10.6. The number of amides is 1. The minimum atomic E-state index is -0.377. The minimum Gasteiger partial charge on any atom is -0.490 e. The van der Waals surface area contributed by atoms with E-state index >= 15 is 0 Å². The molecule has 0 saturated heterocycles. The van der Waals surface area contributed by atoms with Gasteiger partial charge in [0.2, 0.25) is 5.82 Å². The Balaban J connectivity index is 1.67. The molecule has 1 N–H and O–H groups in total. The summed E-state index contributed by atoms with van der Waals surface area (Å²) in [6.07, 6.45) is 0. The van der Waals surface area contributed by atoms with Crippen LogP contribution in [0.3, 0.4) is 0 Å². The topological polar surface area (TPSA) is 95.7 Å². The standard InChI is InChI=1S/C24H29N3O5/c1-6-29-19-13-8-16(14-20(19)30-7-2)22-23(27-32-26-22)25-21(28)15-31-18-11-9-17(10-12-18)24(3,4)5/h8-14H,6-7,15H2,1-5H3,(H,25,27,28). The molecule has 2 aromatic carbocycles. The summed E-state index contributed by atoms with van der Waals surface area (Å²) in [6.45, 7) is 11.0. The molecule has 8 nitrogen and oxygen atoms in total. The Morgan fingerprint density at radius 3 is 2.28 bits per heavy atom. The van der Waals surface area contributed by atoms with Crippen molar-refractivity contribution in [2.24, 2.45) is 0 Å². The number of hydrogen-bond donors (Lipinski definition) is 1. The predicted octanol–water partition coefficient (Wildman–Crippen LogP) is 4.85. The van der Waals surface area contributed by atoms with E-state index in [4.69, 9.17) is 18.8 Å². The van der Waals surface area contributed by atoms with Crippen molar-refractivity contribution in [3.8, 4) is 28.5 Å².